The predicted molar refractivity (Wildman–Crippen MR) is 90.8 cm³/mol. The van der Waals surface area contributed by atoms with Crippen molar-refractivity contribution in [2.45, 2.75) is 46.1 Å². The number of ketones is 1. The average Bonchev–Trinajstić information content (AvgIpc) is 3.31. The number of carbonyl (C=O) groups excluding carboxylic acids is 1. The molecule has 0 spiro atoms. The lowest BCUT2D eigenvalue weighted by atomic mass is 10.1. The second kappa shape index (κ2) is 5.99. The number of benzene rings is 1. The van der Waals surface area contributed by atoms with E-state index in [1.54, 1.807) is 0 Å². The van der Waals surface area contributed by atoms with Gasteiger partial charge in [0.05, 0.1) is 6.54 Å². The molecule has 3 heteroatoms. The zero-order valence-corrected chi connectivity index (χ0v) is 13.6. The van der Waals surface area contributed by atoms with Gasteiger partial charge < -0.3 is 9.88 Å². The Morgan fingerprint density at radius 2 is 1.91 bits per heavy atom. The highest BCUT2D eigenvalue weighted by Gasteiger charge is 2.28. The molecule has 0 atom stereocenters. The molecule has 1 aromatic heterocycles. The highest BCUT2D eigenvalue weighted by molar-refractivity contribution is 6.00. The summed E-state index contributed by atoms with van der Waals surface area (Å²) in [6, 6.07) is 10.9. The van der Waals surface area contributed by atoms with Gasteiger partial charge in [-0.2, -0.15) is 0 Å². The molecule has 22 heavy (non-hydrogen) atoms. The van der Waals surface area contributed by atoms with Crippen LogP contribution in [0.4, 0.5) is 5.69 Å². The summed E-state index contributed by atoms with van der Waals surface area (Å²) in [7, 11) is 0. The van der Waals surface area contributed by atoms with E-state index in [1.165, 1.54) is 24.1 Å². The number of Topliss-reactive ketones (excluding diaryl/α,β-unsaturated/α-hetero) is 1. The van der Waals surface area contributed by atoms with Crippen molar-refractivity contribution >= 4 is 11.5 Å². The molecule has 0 bridgehead atoms. The maximum absolute atomic E-state index is 12.5. The van der Waals surface area contributed by atoms with Gasteiger partial charge in [-0.05, 0) is 56.9 Å². The van der Waals surface area contributed by atoms with Gasteiger partial charge in [0.25, 0.3) is 0 Å². The number of rotatable bonds is 6. The molecule has 0 saturated heterocycles. The molecule has 1 N–H and O–H groups in total. The fraction of sp³-hybridized carbons (Fsp3) is 0.421. The summed E-state index contributed by atoms with van der Waals surface area (Å²) in [5.41, 5.74) is 5.50. The molecule has 1 aliphatic carbocycles. The van der Waals surface area contributed by atoms with E-state index in [0.29, 0.717) is 12.6 Å². The summed E-state index contributed by atoms with van der Waals surface area (Å²) in [5, 5.41) is 3.24. The van der Waals surface area contributed by atoms with Crippen LogP contribution in [0.25, 0.3) is 0 Å². The second-order valence-corrected chi connectivity index (χ2v) is 6.21. The number of anilines is 1. The van der Waals surface area contributed by atoms with Gasteiger partial charge in [0.1, 0.15) is 0 Å². The van der Waals surface area contributed by atoms with E-state index in [2.05, 4.69) is 42.8 Å². The number of hydrogen-bond acceptors (Lipinski definition) is 2. The molecule has 1 aromatic carbocycles. The van der Waals surface area contributed by atoms with Gasteiger partial charge in [-0.1, -0.05) is 19.1 Å². The Morgan fingerprint density at radius 1 is 1.23 bits per heavy atom. The summed E-state index contributed by atoms with van der Waals surface area (Å²) >= 11 is 0. The molecule has 3 rings (SSSR count). The summed E-state index contributed by atoms with van der Waals surface area (Å²) in [5.74, 6) is 0.166. The second-order valence-electron chi connectivity index (χ2n) is 6.21. The van der Waals surface area contributed by atoms with Crippen molar-refractivity contribution in [1.82, 2.24) is 4.57 Å². The van der Waals surface area contributed by atoms with Crippen LogP contribution in [-0.2, 0) is 6.42 Å². The lowest BCUT2D eigenvalue weighted by molar-refractivity contribution is 0.101. The van der Waals surface area contributed by atoms with Crippen LogP contribution in [0.5, 0.6) is 0 Å². The van der Waals surface area contributed by atoms with Gasteiger partial charge >= 0.3 is 0 Å². The fourth-order valence-corrected chi connectivity index (χ4v) is 3.09. The average molecular weight is 296 g/mol. The largest absolute Gasteiger partial charge is 0.378 e. The Kier molecular flexibility index (Phi) is 4.06. The summed E-state index contributed by atoms with van der Waals surface area (Å²) in [6.07, 6.45) is 3.52. The first-order chi connectivity index (χ1) is 10.6. The van der Waals surface area contributed by atoms with Gasteiger partial charge in [0.15, 0.2) is 5.78 Å². The summed E-state index contributed by atoms with van der Waals surface area (Å²) in [6.45, 7) is 6.65. The maximum Gasteiger partial charge on any atom is 0.183 e. The van der Waals surface area contributed by atoms with Crippen molar-refractivity contribution in [2.24, 2.45) is 0 Å². The van der Waals surface area contributed by atoms with E-state index in [9.17, 15) is 4.79 Å². The first-order valence-corrected chi connectivity index (χ1v) is 8.14. The highest BCUT2D eigenvalue weighted by atomic mass is 16.1. The number of nitrogens with zero attached hydrogens (tertiary/aromatic N) is 1. The molecule has 0 radical (unpaired) electrons. The van der Waals surface area contributed by atoms with Crippen LogP contribution >= 0.6 is 0 Å². The minimum Gasteiger partial charge on any atom is -0.378 e. The van der Waals surface area contributed by atoms with Gasteiger partial charge in [0.2, 0.25) is 0 Å². The standard InChI is InChI=1S/C19H24N2O/c1-4-15-5-7-16(8-6-15)20-12-19(22)18-11-13(2)21(14(18)3)17-9-10-17/h5-8,11,17,20H,4,9-10,12H2,1-3H3. The quantitative estimate of drug-likeness (QED) is 0.807. The van der Waals surface area contributed by atoms with Crippen LogP contribution in [0, 0.1) is 13.8 Å². The minimum absolute atomic E-state index is 0.166. The summed E-state index contributed by atoms with van der Waals surface area (Å²) < 4.78 is 2.32. The van der Waals surface area contributed by atoms with Crippen molar-refractivity contribution in [2.75, 3.05) is 11.9 Å². The third-order valence-electron chi connectivity index (χ3n) is 4.51. The zero-order chi connectivity index (χ0) is 15.7. The van der Waals surface area contributed by atoms with Crippen LogP contribution < -0.4 is 5.32 Å². The van der Waals surface area contributed by atoms with Gasteiger partial charge in [-0.15, -0.1) is 0 Å². The third kappa shape index (κ3) is 2.94. The van der Waals surface area contributed by atoms with E-state index in [4.69, 9.17) is 0 Å². The third-order valence-corrected chi connectivity index (χ3v) is 4.51. The van der Waals surface area contributed by atoms with Gasteiger partial charge in [-0.3, -0.25) is 4.79 Å². The van der Waals surface area contributed by atoms with Gasteiger partial charge in [-0.25, -0.2) is 0 Å². The first kappa shape index (κ1) is 14.9. The van der Waals surface area contributed by atoms with E-state index in [1.807, 2.05) is 18.2 Å². The first-order valence-electron chi connectivity index (χ1n) is 8.14. The smallest absolute Gasteiger partial charge is 0.183 e. The monoisotopic (exact) mass is 296 g/mol. The Hall–Kier alpha value is -2.03. The molecule has 1 fully saturated rings. The van der Waals surface area contributed by atoms with Crippen LogP contribution in [0.1, 0.15) is 53.1 Å². The van der Waals surface area contributed by atoms with E-state index in [-0.39, 0.29) is 5.78 Å². The van der Waals surface area contributed by atoms with Crippen LogP contribution in [0.3, 0.4) is 0 Å². The fourth-order valence-electron chi connectivity index (χ4n) is 3.09. The number of aromatic nitrogens is 1. The van der Waals surface area contributed by atoms with E-state index >= 15 is 0 Å². The number of aryl methyl sites for hydroxylation is 2. The normalized spacial score (nSPS) is 14.1. The molecular weight excluding hydrogens is 272 g/mol. The summed E-state index contributed by atoms with van der Waals surface area (Å²) in [4.78, 5) is 12.5. The molecule has 1 saturated carbocycles. The Labute approximate surface area is 132 Å². The molecule has 3 nitrogen and oxygen atoms in total. The number of nitrogens with one attached hydrogen (secondary N) is 1. The van der Waals surface area contributed by atoms with Gasteiger partial charge in [0, 0.05) is 28.7 Å². The number of hydrogen-bond donors (Lipinski definition) is 1. The van der Waals surface area contributed by atoms with Crippen molar-refractivity contribution in [3.05, 3.63) is 52.8 Å². The zero-order valence-electron chi connectivity index (χ0n) is 13.6. The molecule has 0 aliphatic heterocycles. The molecule has 0 unspecified atom stereocenters. The van der Waals surface area contributed by atoms with Crippen molar-refractivity contribution in [1.29, 1.82) is 0 Å². The molecule has 2 aromatic rings. The van der Waals surface area contributed by atoms with Crippen LogP contribution in [0.15, 0.2) is 30.3 Å². The molecule has 0 amide bonds. The maximum atomic E-state index is 12.5. The Morgan fingerprint density at radius 3 is 2.50 bits per heavy atom. The lowest BCUT2D eigenvalue weighted by Crippen LogP contribution is -2.15. The van der Waals surface area contributed by atoms with Crippen molar-refractivity contribution in [3.8, 4) is 0 Å². The molecule has 116 valence electrons. The lowest BCUT2D eigenvalue weighted by Gasteiger charge is -2.09. The molecule has 1 heterocycles. The predicted octanol–water partition coefficient (Wildman–Crippen LogP) is 4.30. The van der Waals surface area contributed by atoms with Crippen LogP contribution in [0.2, 0.25) is 0 Å². The SMILES string of the molecule is CCc1ccc(NCC(=O)c2cc(C)n(C3CC3)c2C)cc1. The van der Waals surface area contributed by atoms with Crippen molar-refractivity contribution < 1.29 is 4.79 Å². The topological polar surface area (TPSA) is 34.0 Å². The van der Waals surface area contributed by atoms with E-state index < -0.39 is 0 Å². The minimum atomic E-state index is 0.166. The highest BCUT2D eigenvalue weighted by Crippen LogP contribution is 2.38. The number of carbonyl (C=O) groups is 1. The Bertz CT molecular complexity index is 678. The van der Waals surface area contributed by atoms with E-state index in [0.717, 1.165) is 23.4 Å². The van der Waals surface area contributed by atoms with Crippen LogP contribution in [-0.4, -0.2) is 16.9 Å². The van der Waals surface area contributed by atoms with Crippen molar-refractivity contribution in [3.63, 3.8) is 0 Å². The Balaban J connectivity index is 1.68. The molecular formula is C19H24N2O. The molecule has 1 aliphatic rings.